The highest BCUT2D eigenvalue weighted by atomic mass is 15.2. The number of likely N-dealkylation sites (N-methyl/N-ethyl adjacent to an activating group) is 1. The molecular weight excluding hydrogens is 196 g/mol. The number of nitrogens with zero attached hydrogens (tertiary/aromatic N) is 1. The van der Waals surface area contributed by atoms with Gasteiger partial charge in [0.05, 0.1) is 0 Å². The third-order valence-corrected chi connectivity index (χ3v) is 4.03. The van der Waals surface area contributed by atoms with E-state index in [4.69, 9.17) is 5.73 Å². The number of rotatable bonds is 5. The van der Waals surface area contributed by atoms with Gasteiger partial charge in [0.15, 0.2) is 0 Å². The van der Waals surface area contributed by atoms with Crippen LogP contribution >= 0.6 is 0 Å². The van der Waals surface area contributed by atoms with Crippen molar-refractivity contribution >= 4 is 0 Å². The minimum Gasteiger partial charge on any atom is -0.329 e. The van der Waals surface area contributed by atoms with Crippen LogP contribution in [0.1, 0.15) is 53.4 Å². The first-order chi connectivity index (χ1) is 7.27. The van der Waals surface area contributed by atoms with Crippen LogP contribution in [0.25, 0.3) is 0 Å². The average molecular weight is 226 g/mol. The summed E-state index contributed by atoms with van der Waals surface area (Å²) in [6, 6.07) is 0. The second-order valence-corrected chi connectivity index (χ2v) is 7.12. The molecule has 0 bridgehead atoms. The Kier molecular flexibility index (Phi) is 4.42. The van der Waals surface area contributed by atoms with E-state index in [-0.39, 0.29) is 5.54 Å². The summed E-state index contributed by atoms with van der Waals surface area (Å²) >= 11 is 0. The summed E-state index contributed by atoms with van der Waals surface area (Å²) in [6.07, 6.45) is 5.53. The van der Waals surface area contributed by atoms with Crippen molar-refractivity contribution in [2.24, 2.45) is 17.1 Å². The third kappa shape index (κ3) is 3.74. The van der Waals surface area contributed by atoms with E-state index >= 15 is 0 Å². The fourth-order valence-corrected chi connectivity index (χ4v) is 2.62. The molecule has 0 aromatic rings. The van der Waals surface area contributed by atoms with Crippen LogP contribution < -0.4 is 5.73 Å². The van der Waals surface area contributed by atoms with Gasteiger partial charge >= 0.3 is 0 Å². The molecule has 16 heavy (non-hydrogen) atoms. The first-order valence-corrected chi connectivity index (χ1v) is 6.68. The Bertz CT molecular complexity index is 215. The van der Waals surface area contributed by atoms with Crippen molar-refractivity contribution in [3.05, 3.63) is 0 Å². The first kappa shape index (κ1) is 14.0. The molecule has 1 rings (SSSR count). The molecule has 0 aliphatic heterocycles. The van der Waals surface area contributed by atoms with E-state index in [9.17, 15) is 0 Å². The van der Waals surface area contributed by atoms with Gasteiger partial charge in [-0.1, -0.05) is 40.0 Å². The molecule has 0 heterocycles. The van der Waals surface area contributed by atoms with Gasteiger partial charge in [-0.15, -0.1) is 0 Å². The van der Waals surface area contributed by atoms with E-state index in [1.807, 2.05) is 0 Å². The van der Waals surface area contributed by atoms with Crippen molar-refractivity contribution in [2.75, 3.05) is 20.1 Å². The van der Waals surface area contributed by atoms with Gasteiger partial charge in [-0.05, 0) is 31.7 Å². The van der Waals surface area contributed by atoms with Gasteiger partial charge in [0, 0.05) is 18.6 Å². The lowest BCUT2D eigenvalue weighted by molar-refractivity contribution is 0.0637. The SMILES string of the molecule is CN(CC(C)(C)C)C(C)(CN)CC1CCC1. The molecule has 1 fully saturated rings. The Morgan fingerprint density at radius 1 is 1.19 bits per heavy atom. The molecule has 1 saturated carbocycles. The lowest BCUT2D eigenvalue weighted by atomic mass is 9.75. The van der Waals surface area contributed by atoms with Crippen LogP contribution in [-0.4, -0.2) is 30.6 Å². The standard InChI is InChI=1S/C14H30N2/c1-13(2,3)11-16(5)14(4,10-15)9-12-7-6-8-12/h12H,6-11,15H2,1-5H3. The van der Waals surface area contributed by atoms with Crippen LogP contribution in [-0.2, 0) is 0 Å². The molecule has 0 amide bonds. The van der Waals surface area contributed by atoms with Crippen molar-refractivity contribution in [1.29, 1.82) is 0 Å². The normalized spacial score (nSPS) is 21.9. The van der Waals surface area contributed by atoms with Crippen LogP contribution in [0.4, 0.5) is 0 Å². The van der Waals surface area contributed by atoms with Gasteiger partial charge in [-0.25, -0.2) is 0 Å². The summed E-state index contributed by atoms with van der Waals surface area (Å²) in [6.45, 7) is 11.1. The second kappa shape index (κ2) is 5.05. The van der Waals surface area contributed by atoms with Gasteiger partial charge in [-0.2, -0.15) is 0 Å². The summed E-state index contributed by atoms with van der Waals surface area (Å²) in [5.41, 5.74) is 6.56. The zero-order valence-corrected chi connectivity index (χ0v) is 11.8. The Morgan fingerprint density at radius 3 is 2.06 bits per heavy atom. The van der Waals surface area contributed by atoms with Crippen LogP contribution in [0.2, 0.25) is 0 Å². The Hall–Kier alpha value is -0.0800. The second-order valence-electron chi connectivity index (χ2n) is 7.12. The maximum Gasteiger partial charge on any atom is 0.0303 e. The van der Waals surface area contributed by atoms with Crippen molar-refractivity contribution < 1.29 is 0 Å². The van der Waals surface area contributed by atoms with Gasteiger partial charge in [0.25, 0.3) is 0 Å². The Morgan fingerprint density at radius 2 is 1.75 bits per heavy atom. The highest BCUT2D eigenvalue weighted by molar-refractivity contribution is 4.91. The molecule has 2 nitrogen and oxygen atoms in total. The molecule has 0 aromatic carbocycles. The van der Waals surface area contributed by atoms with Crippen molar-refractivity contribution in [2.45, 2.75) is 58.9 Å². The summed E-state index contributed by atoms with van der Waals surface area (Å²) in [7, 11) is 2.23. The first-order valence-electron chi connectivity index (χ1n) is 6.68. The predicted molar refractivity (Wildman–Crippen MR) is 71.5 cm³/mol. The minimum absolute atomic E-state index is 0.193. The lowest BCUT2D eigenvalue weighted by Crippen LogP contribution is -2.53. The van der Waals surface area contributed by atoms with Crippen LogP contribution in [0.15, 0.2) is 0 Å². The highest BCUT2D eigenvalue weighted by Crippen LogP contribution is 2.36. The number of hydrogen-bond donors (Lipinski definition) is 1. The largest absolute Gasteiger partial charge is 0.329 e. The van der Waals surface area contributed by atoms with E-state index in [1.165, 1.54) is 25.7 Å². The fraction of sp³-hybridized carbons (Fsp3) is 1.00. The van der Waals surface area contributed by atoms with Gasteiger partial charge in [-0.3, -0.25) is 4.90 Å². The molecule has 0 spiro atoms. The molecule has 0 radical (unpaired) electrons. The van der Waals surface area contributed by atoms with Crippen molar-refractivity contribution in [1.82, 2.24) is 4.90 Å². The Labute approximate surface area is 102 Å². The monoisotopic (exact) mass is 226 g/mol. The van der Waals surface area contributed by atoms with Crippen LogP contribution in [0.3, 0.4) is 0 Å². The smallest absolute Gasteiger partial charge is 0.0303 e. The molecule has 1 aliphatic rings. The van der Waals surface area contributed by atoms with E-state index in [1.54, 1.807) is 0 Å². The molecule has 2 heteroatoms. The maximum atomic E-state index is 6.01. The van der Waals surface area contributed by atoms with E-state index < -0.39 is 0 Å². The molecule has 1 aliphatic carbocycles. The van der Waals surface area contributed by atoms with Gasteiger partial charge in [0.1, 0.15) is 0 Å². The highest BCUT2D eigenvalue weighted by Gasteiger charge is 2.34. The fourth-order valence-electron chi connectivity index (χ4n) is 2.62. The summed E-state index contributed by atoms with van der Waals surface area (Å²) < 4.78 is 0. The topological polar surface area (TPSA) is 29.3 Å². The van der Waals surface area contributed by atoms with Crippen molar-refractivity contribution in [3.8, 4) is 0 Å². The van der Waals surface area contributed by atoms with E-state index in [2.05, 4.69) is 39.6 Å². The summed E-state index contributed by atoms with van der Waals surface area (Å²) in [5, 5.41) is 0. The number of nitrogens with two attached hydrogens (primary N) is 1. The zero-order chi connectivity index (χ0) is 12.4. The molecule has 2 N–H and O–H groups in total. The maximum absolute atomic E-state index is 6.01. The molecule has 0 aromatic heterocycles. The van der Waals surface area contributed by atoms with Gasteiger partial charge < -0.3 is 5.73 Å². The molecule has 1 atom stereocenters. The predicted octanol–water partition coefficient (Wildman–Crippen LogP) is 2.87. The summed E-state index contributed by atoms with van der Waals surface area (Å²) in [4.78, 5) is 2.48. The molecular formula is C14H30N2. The van der Waals surface area contributed by atoms with E-state index in [0.717, 1.165) is 19.0 Å². The summed E-state index contributed by atoms with van der Waals surface area (Å²) in [5.74, 6) is 0.927. The quantitative estimate of drug-likeness (QED) is 0.781. The Balaban J connectivity index is 2.55. The van der Waals surface area contributed by atoms with E-state index in [0.29, 0.717) is 5.41 Å². The third-order valence-electron chi connectivity index (χ3n) is 4.03. The van der Waals surface area contributed by atoms with Gasteiger partial charge in [0.2, 0.25) is 0 Å². The molecule has 96 valence electrons. The number of hydrogen-bond acceptors (Lipinski definition) is 2. The molecule has 1 unspecified atom stereocenters. The molecule has 0 saturated heterocycles. The average Bonchev–Trinajstić information content (AvgIpc) is 2.08. The minimum atomic E-state index is 0.193. The van der Waals surface area contributed by atoms with Crippen LogP contribution in [0.5, 0.6) is 0 Å². The lowest BCUT2D eigenvalue weighted by Gasteiger charge is -2.45. The van der Waals surface area contributed by atoms with Crippen LogP contribution in [0, 0.1) is 11.3 Å². The zero-order valence-electron chi connectivity index (χ0n) is 11.8. The van der Waals surface area contributed by atoms with Crippen molar-refractivity contribution in [3.63, 3.8) is 0 Å².